The van der Waals surface area contributed by atoms with Crippen LogP contribution in [-0.4, -0.2) is 37.2 Å². The molecular weight excluding hydrogens is 350 g/mol. The second-order valence-electron chi connectivity index (χ2n) is 7.33. The summed E-state index contributed by atoms with van der Waals surface area (Å²) in [6.45, 7) is 0.999. The maximum Gasteiger partial charge on any atom is 0.282 e. The third-order valence-corrected chi connectivity index (χ3v) is 5.81. The van der Waals surface area contributed by atoms with Crippen LogP contribution in [0, 0.1) is 5.92 Å². The molecule has 0 aromatic carbocycles. The molecule has 2 fully saturated rings. The third kappa shape index (κ3) is 2.83. The quantitative estimate of drug-likeness (QED) is 0.700. The molecule has 8 heteroatoms. The Morgan fingerprint density at radius 3 is 2.81 bits per heavy atom. The van der Waals surface area contributed by atoms with Crippen molar-refractivity contribution in [1.82, 2.24) is 24.6 Å². The number of fused-ring (bicyclic) bond motifs is 2. The van der Waals surface area contributed by atoms with Crippen molar-refractivity contribution in [3.63, 3.8) is 0 Å². The first-order valence-corrected chi connectivity index (χ1v) is 9.42. The molecule has 0 amide bonds. The predicted octanol–water partition coefficient (Wildman–Crippen LogP) is 3.89. The van der Waals surface area contributed by atoms with Crippen molar-refractivity contribution in [2.24, 2.45) is 5.92 Å². The lowest BCUT2D eigenvalue weighted by Crippen LogP contribution is -2.43. The van der Waals surface area contributed by atoms with Gasteiger partial charge in [-0.3, -0.25) is 0 Å². The zero-order chi connectivity index (χ0) is 18.4. The molecule has 140 valence electrons. The van der Waals surface area contributed by atoms with Crippen LogP contribution >= 0.6 is 0 Å². The summed E-state index contributed by atoms with van der Waals surface area (Å²) in [4.78, 5) is 15.5. The SMILES string of the molecule is FC(F)c1ccc2ncc(-c3cc(N4CCCC5CCCC54)ncn3)n2n1. The average molecular weight is 370 g/mol. The Bertz CT molecular complexity index is 972. The highest BCUT2D eigenvalue weighted by Gasteiger charge is 2.35. The first-order chi connectivity index (χ1) is 13.2. The maximum absolute atomic E-state index is 13.0. The Kier molecular flexibility index (Phi) is 3.98. The van der Waals surface area contributed by atoms with Gasteiger partial charge in [0.2, 0.25) is 0 Å². The van der Waals surface area contributed by atoms with Crippen molar-refractivity contribution in [3.8, 4) is 11.4 Å². The van der Waals surface area contributed by atoms with E-state index in [9.17, 15) is 8.78 Å². The second kappa shape index (κ2) is 6.51. The van der Waals surface area contributed by atoms with E-state index in [2.05, 4.69) is 25.0 Å². The monoisotopic (exact) mass is 370 g/mol. The lowest BCUT2D eigenvalue weighted by atomic mass is 9.92. The summed E-state index contributed by atoms with van der Waals surface area (Å²) < 4.78 is 27.5. The summed E-state index contributed by atoms with van der Waals surface area (Å²) in [7, 11) is 0. The van der Waals surface area contributed by atoms with Gasteiger partial charge >= 0.3 is 0 Å². The van der Waals surface area contributed by atoms with Crippen molar-refractivity contribution in [1.29, 1.82) is 0 Å². The number of piperidine rings is 1. The molecule has 2 aliphatic rings. The van der Waals surface area contributed by atoms with Gasteiger partial charge in [-0.05, 0) is 43.7 Å². The van der Waals surface area contributed by atoms with E-state index < -0.39 is 6.43 Å². The molecule has 0 spiro atoms. The Labute approximate surface area is 155 Å². The van der Waals surface area contributed by atoms with Gasteiger partial charge in [0.05, 0.1) is 11.9 Å². The number of rotatable bonds is 3. The minimum absolute atomic E-state index is 0.277. The lowest BCUT2D eigenvalue weighted by molar-refractivity contribution is 0.144. The van der Waals surface area contributed by atoms with Crippen LogP contribution in [0.3, 0.4) is 0 Å². The number of alkyl halides is 2. The summed E-state index contributed by atoms with van der Waals surface area (Å²) in [6.07, 6.45) is 6.79. The highest BCUT2D eigenvalue weighted by Crippen LogP contribution is 2.39. The molecule has 4 heterocycles. The number of halogens is 2. The van der Waals surface area contributed by atoms with Crippen molar-refractivity contribution in [3.05, 3.63) is 36.4 Å². The molecule has 1 saturated carbocycles. The van der Waals surface area contributed by atoms with Crippen molar-refractivity contribution < 1.29 is 8.78 Å². The predicted molar refractivity (Wildman–Crippen MR) is 96.7 cm³/mol. The van der Waals surface area contributed by atoms with E-state index >= 15 is 0 Å². The molecular formula is C19H20F2N6. The normalized spacial score (nSPS) is 22.6. The first-order valence-electron chi connectivity index (χ1n) is 9.42. The molecule has 3 aromatic heterocycles. The molecule has 0 bridgehead atoms. The van der Waals surface area contributed by atoms with Crippen LogP contribution in [0.25, 0.3) is 17.0 Å². The minimum Gasteiger partial charge on any atom is -0.353 e. The van der Waals surface area contributed by atoms with Gasteiger partial charge in [-0.15, -0.1) is 0 Å². The molecule has 3 aromatic rings. The van der Waals surface area contributed by atoms with Gasteiger partial charge in [-0.25, -0.2) is 28.2 Å². The summed E-state index contributed by atoms with van der Waals surface area (Å²) in [5.41, 5.74) is 1.48. The molecule has 1 saturated heterocycles. The van der Waals surface area contributed by atoms with Gasteiger partial charge in [0.15, 0.2) is 5.65 Å². The Morgan fingerprint density at radius 2 is 1.93 bits per heavy atom. The summed E-state index contributed by atoms with van der Waals surface area (Å²) >= 11 is 0. The van der Waals surface area contributed by atoms with Crippen LogP contribution in [0.2, 0.25) is 0 Å². The van der Waals surface area contributed by atoms with Gasteiger partial charge in [0, 0.05) is 18.7 Å². The van der Waals surface area contributed by atoms with Crippen LogP contribution in [0.1, 0.15) is 44.2 Å². The topological polar surface area (TPSA) is 59.2 Å². The molecule has 0 N–H and O–H groups in total. The van der Waals surface area contributed by atoms with Crippen molar-refractivity contribution in [2.45, 2.75) is 44.6 Å². The molecule has 1 aliphatic carbocycles. The molecule has 1 aliphatic heterocycles. The number of nitrogens with zero attached hydrogens (tertiary/aromatic N) is 6. The lowest BCUT2D eigenvalue weighted by Gasteiger charge is -2.38. The van der Waals surface area contributed by atoms with Gasteiger partial charge < -0.3 is 4.90 Å². The van der Waals surface area contributed by atoms with E-state index in [0.717, 1.165) is 18.3 Å². The highest BCUT2D eigenvalue weighted by atomic mass is 19.3. The van der Waals surface area contributed by atoms with Gasteiger partial charge in [-0.1, -0.05) is 6.42 Å². The summed E-state index contributed by atoms with van der Waals surface area (Å²) in [6, 6.07) is 5.33. The zero-order valence-electron chi connectivity index (χ0n) is 14.8. The van der Waals surface area contributed by atoms with Gasteiger partial charge in [-0.2, -0.15) is 5.10 Å². The Hall–Kier alpha value is -2.64. The number of aromatic nitrogens is 5. The number of hydrogen-bond donors (Lipinski definition) is 0. The smallest absolute Gasteiger partial charge is 0.282 e. The average Bonchev–Trinajstić information content (AvgIpc) is 3.34. The number of imidazole rings is 1. The first kappa shape index (κ1) is 16.5. The largest absolute Gasteiger partial charge is 0.353 e. The van der Waals surface area contributed by atoms with E-state index in [1.165, 1.54) is 42.7 Å². The zero-order valence-corrected chi connectivity index (χ0v) is 14.8. The fourth-order valence-electron chi connectivity index (χ4n) is 4.56. The molecule has 0 radical (unpaired) electrons. The Morgan fingerprint density at radius 1 is 1.04 bits per heavy atom. The summed E-state index contributed by atoms with van der Waals surface area (Å²) in [5.74, 6) is 1.65. The van der Waals surface area contributed by atoms with E-state index in [1.54, 1.807) is 18.6 Å². The Balaban J connectivity index is 1.54. The fraction of sp³-hybridized carbons (Fsp3) is 0.474. The fourth-order valence-corrected chi connectivity index (χ4v) is 4.56. The molecule has 6 nitrogen and oxygen atoms in total. The molecule has 2 atom stereocenters. The van der Waals surface area contributed by atoms with Crippen LogP contribution in [0.5, 0.6) is 0 Å². The van der Waals surface area contributed by atoms with Crippen LogP contribution in [-0.2, 0) is 0 Å². The van der Waals surface area contributed by atoms with E-state index in [4.69, 9.17) is 0 Å². The highest BCUT2D eigenvalue weighted by molar-refractivity contribution is 5.62. The van der Waals surface area contributed by atoms with Crippen LogP contribution < -0.4 is 4.90 Å². The molecule has 2 unspecified atom stereocenters. The second-order valence-corrected chi connectivity index (χ2v) is 7.33. The van der Waals surface area contributed by atoms with Crippen molar-refractivity contribution in [2.75, 3.05) is 11.4 Å². The third-order valence-electron chi connectivity index (χ3n) is 5.81. The van der Waals surface area contributed by atoms with Gasteiger partial charge in [0.25, 0.3) is 6.43 Å². The van der Waals surface area contributed by atoms with Crippen LogP contribution in [0.4, 0.5) is 14.6 Å². The summed E-state index contributed by atoms with van der Waals surface area (Å²) in [5, 5.41) is 4.04. The number of hydrogen-bond acceptors (Lipinski definition) is 5. The molecule has 27 heavy (non-hydrogen) atoms. The van der Waals surface area contributed by atoms with E-state index in [1.807, 2.05) is 6.07 Å². The van der Waals surface area contributed by atoms with Crippen LogP contribution in [0.15, 0.2) is 30.7 Å². The number of anilines is 1. The minimum atomic E-state index is -2.63. The molecule has 5 rings (SSSR count). The van der Waals surface area contributed by atoms with Crippen molar-refractivity contribution >= 4 is 11.5 Å². The standard InChI is InChI=1S/C19H20F2N6/c20-19(21)13-6-7-17-22-10-16(27(17)25-13)14-9-18(24-11-23-14)26-8-2-4-12-3-1-5-15(12)26/h6-7,9-12,15,19H,1-5,8H2. The maximum atomic E-state index is 13.0. The van der Waals surface area contributed by atoms with Gasteiger partial charge in [0.1, 0.15) is 23.5 Å². The van der Waals surface area contributed by atoms with E-state index in [0.29, 0.717) is 23.1 Å². The van der Waals surface area contributed by atoms with E-state index in [-0.39, 0.29) is 5.69 Å².